The first-order valence-corrected chi connectivity index (χ1v) is 21.3. The molecule has 0 N–H and O–H groups in total. The van der Waals surface area contributed by atoms with Crippen molar-refractivity contribution in [2.24, 2.45) is 0 Å². The first kappa shape index (κ1) is 28.5. The minimum atomic E-state index is -1.61. The average Bonchev–Trinajstić information content (AvgIpc) is 3.06. The van der Waals surface area contributed by atoms with Crippen LogP contribution in [0.4, 0.5) is 0 Å². The summed E-state index contributed by atoms with van der Waals surface area (Å²) in [7, 11) is -3.23. The van der Waals surface area contributed by atoms with Crippen molar-refractivity contribution < 1.29 is 0 Å². The molecule has 0 heterocycles. The highest BCUT2D eigenvalue weighted by atomic mass is 28.3. The van der Waals surface area contributed by atoms with Crippen LogP contribution in [0.5, 0.6) is 0 Å². The predicted octanol–water partition coefficient (Wildman–Crippen LogP) is 11.7. The molecule has 0 saturated carbocycles. The zero-order valence-electron chi connectivity index (χ0n) is 26.2. The lowest BCUT2D eigenvalue weighted by molar-refractivity contribution is 1.20. The highest BCUT2D eigenvalue weighted by molar-refractivity contribution is 6.87. The second-order valence-corrected chi connectivity index (χ2v) is 22.0. The third-order valence-corrected chi connectivity index (χ3v) is 20.1. The van der Waals surface area contributed by atoms with Gasteiger partial charge in [-0.05, 0) is 90.1 Å². The van der Waals surface area contributed by atoms with Crippen molar-refractivity contribution in [1.29, 1.82) is 0 Å². The summed E-state index contributed by atoms with van der Waals surface area (Å²) in [5, 5.41) is 13.1. The molecule has 210 valence electrons. The van der Waals surface area contributed by atoms with Crippen molar-refractivity contribution in [2.45, 2.75) is 77.8 Å². The van der Waals surface area contributed by atoms with Gasteiger partial charge < -0.3 is 0 Å². The summed E-state index contributed by atoms with van der Waals surface area (Å²) in [6.07, 6.45) is 0. The topological polar surface area (TPSA) is 0 Å². The number of rotatable bonds is 6. The largest absolute Gasteiger partial charge is 0.138 e. The summed E-state index contributed by atoms with van der Waals surface area (Å²) in [6.45, 7) is 14.1. The fourth-order valence-corrected chi connectivity index (χ4v) is 12.1. The maximum Gasteiger partial charge on any atom is 0.138 e. The van der Waals surface area contributed by atoms with Crippen LogP contribution in [0.2, 0.25) is 36.3 Å². The van der Waals surface area contributed by atoms with Crippen molar-refractivity contribution >= 4 is 70.0 Å². The first-order chi connectivity index (χ1) is 20.5. The quantitative estimate of drug-likeness (QED) is 0.0798. The number of hydrogen-bond acceptors (Lipinski definition) is 0. The zero-order chi connectivity index (χ0) is 29.5. The Hall–Kier alpha value is -3.57. The van der Waals surface area contributed by atoms with Gasteiger partial charge in [-0.3, -0.25) is 0 Å². The Morgan fingerprint density at radius 3 is 1.02 bits per heavy atom. The molecule has 0 aliphatic carbocycles. The summed E-state index contributed by atoms with van der Waals surface area (Å²) >= 11 is 0. The summed E-state index contributed by atoms with van der Waals surface area (Å²) < 4.78 is 0. The van der Waals surface area contributed by atoms with E-state index in [-0.39, 0.29) is 0 Å². The predicted molar refractivity (Wildman–Crippen MR) is 193 cm³/mol. The van der Waals surface area contributed by atoms with Crippen LogP contribution in [0.15, 0.2) is 72.8 Å². The van der Waals surface area contributed by atoms with Gasteiger partial charge in [-0.25, -0.2) is 0 Å². The Morgan fingerprint density at radius 2 is 0.690 bits per heavy atom. The average molecular weight is 579 g/mol. The van der Waals surface area contributed by atoms with Crippen LogP contribution in [0.3, 0.4) is 0 Å². The highest BCUT2D eigenvalue weighted by Crippen LogP contribution is 2.44. The molecule has 2 heteroatoms. The molecule has 0 nitrogen and oxygen atoms in total. The molecule has 0 aliphatic heterocycles. The van der Waals surface area contributed by atoms with E-state index < -0.39 is 16.1 Å². The molecule has 0 aromatic heterocycles. The van der Waals surface area contributed by atoms with Crippen molar-refractivity contribution in [1.82, 2.24) is 0 Å². The fraction of sp³-hybridized carbons (Fsp3) is 0.300. The van der Waals surface area contributed by atoms with Crippen molar-refractivity contribution in [2.75, 3.05) is 0 Å². The Morgan fingerprint density at radius 1 is 0.381 bits per heavy atom. The molecule has 0 radical (unpaired) electrons. The molecule has 0 spiro atoms. The number of hydrogen-bond donors (Lipinski definition) is 0. The van der Waals surface area contributed by atoms with Gasteiger partial charge in [-0.15, -0.1) is 11.1 Å². The maximum absolute atomic E-state index is 3.93. The molecule has 42 heavy (non-hydrogen) atoms. The van der Waals surface area contributed by atoms with Gasteiger partial charge in [0.15, 0.2) is 0 Å². The minimum Gasteiger partial charge on any atom is -0.126 e. The Bertz CT molecular complexity index is 1900. The van der Waals surface area contributed by atoms with Gasteiger partial charge in [0.05, 0.1) is 0 Å². The van der Waals surface area contributed by atoms with E-state index in [1.807, 2.05) is 0 Å². The summed E-state index contributed by atoms with van der Waals surface area (Å²) in [5.41, 5.74) is 10.3. The normalized spacial score (nSPS) is 12.2. The third kappa shape index (κ3) is 4.36. The smallest absolute Gasteiger partial charge is 0.126 e. The standard InChI is InChI=1S/C40H42Si2/c1-7-41(8-2,9-3)27-25-33-29-17-13-15-19-31(29)35-22-24-38-34(26-28-42(10-4,11-5)12-6)30-18-14-16-20-32(30)36-21-23-37(33)39(35)40(36)38/h13-24H,7-12H2,1-6H3. The summed E-state index contributed by atoms with van der Waals surface area (Å²) in [4.78, 5) is 0. The van der Waals surface area contributed by atoms with E-state index in [1.54, 1.807) is 0 Å². The fourth-order valence-electron chi connectivity index (χ4n) is 7.21. The third-order valence-electron chi connectivity index (χ3n) is 10.6. The molecule has 0 fully saturated rings. The summed E-state index contributed by atoms with van der Waals surface area (Å²) in [5.74, 6) is 7.69. The first-order valence-electron chi connectivity index (χ1n) is 16.1. The van der Waals surface area contributed by atoms with Crippen molar-refractivity contribution in [3.63, 3.8) is 0 Å². The number of fused-ring (bicyclic) bond motifs is 4. The van der Waals surface area contributed by atoms with Gasteiger partial charge >= 0.3 is 0 Å². The Balaban J connectivity index is 1.80. The van der Waals surface area contributed by atoms with Gasteiger partial charge in [0.25, 0.3) is 0 Å². The minimum absolute atomic E-state index is 1.20. The van der Waals surface area contributed by atoms with Crippen LogP contribution in [-0.2, 0) is 0 Å². The lowest BCUT2D eigenvalue weighted by atomic mass is 9.84. The monoisotopic (exact) mass is 578 g/mol. The van der Waals surface area contributed by atoms with E-state index in [0.717, 1.165) is 0 Å². The SMILES string of the molecule is CC[Si](C#Cc1c2ccccc2c2ccc3c(C#C[Si](CC)(CC)CC)c4ccccc4c4ccc1c2c34)(CC)CC. The zero-order valence-corrected chi connectivity index (χ0v) is 28.2. The van der Waals surface area contributed by atoms with E-state index in [9.17, 15) is 0 Å². The molecule has 0 saturated heterocycles. The molecule has 6 aromatic carbocycles. The lowest BCUT2D eigenvalue weighted by Gasteiger charge is -2.21. The molecule has 0 atom stereocenters. The lowest BCUT2D eigenvalue weighted by Crippen LogP contribution is -2.29. The highest BCUT2D eigenvalue weighted by Gasteiger charge is 2.26. The molecule has 0 amide bonds. The molecule has 6 aromatic rings. The van der Waals surface area contributed by atoms with Crippen LogP contribution in [0.1, 0.15) is 52.7 Å². The summed E-state index contributed by atoms with van der Waals surface area (Å²) in [6, 6.07) is 34.5. The van der Waals surface area contributed by atoms with E-state index in [4.69, 9.17) is 0 Å². The van der Waals surface area contributed by atoms with E-state index in [0.29, 0.717) is 0 Å². The van der Waals surface area contributed by atoms with Crippen LogP contribution >= 0.6 is 0 Å². The van der Waals surface area contributed by atoms with Gasteiger partial charge in [-0.1, -0.05) is 126 Å². The second kappa shape index (κ2) is 11.3. The van der Waals surface area contributed by atoms with Crippen LogP contribution in [0, 0.1) is 22.9 Å². The van der Waals surface area contributed by atoms with Crippen LogP contribution < -0.4 is 0 Å². The van der Waals surface area contributed by atoms with Crippen LogP contribution in [0.25, 0.3) is 53.9 Å². The maximum atomic E-state index is 3.93. The van der Waals surface area contributed by atoms with Crippen LogP contribution in [-0.4, -0.2) is 16.1 Å². The van der Waals surface area contributed by atoms with Gasteiger partial charge in [0.1, 0.15) is 16.1 Å². The second-order valence-electron chi connectivity index (χ2n) is 12.1. The van der Waals surface area contributed by atoms with Gasteiger partial charge in [-0.2, -0.15) is 0 Å². The van der Waals surface area contributed by atoms with Crippen molar-refractivity contribution in [3.8, 4) is 22.9 Å². The van der Waals surface area contributed by atoms with Gasteiger partial charge in [0.2, 0.25) is 0 Å². The molecule has 0 aliphatic rings. The molecule has 0 bridgehead atoms. The Labute approximate surface area is 253 Å². The van der Waals surface area contributed by atoms with Crippen molar-refractivity contribution in [3.05, 3.63) is 83.9 Å². The molecular formula is C40H42Si2. The number of benzene rings is 6. The van der Waals surface area contributed by atoms with E-state index in [2.05, 4.69) is 137 Å². The molecule has 0 unspecified atom stereocenters. The molecule has 6 rings (SSSR count). The van der Waals surface area contributed by atoms with E-state index in [1.165, 1.54) is 101 Å². The Kier molecular flexibility index (Phi) is 7.65. The van der Waals surface area contributed by atoms with E-state index >= 15 is 0 Å². The van der Waals surface area contributed by atoms with Gasteiger partial charge in [0, 0.05) is 11.1 Å². The molecular weight excluding hydrogens is 537 g/mol.